The summed E-state index contributed by atoms with van der Waals surface area (Å²) in [6.45, 7) is 9.77. The molecule has 0 aromatic heterocycles. The first-order valence-corrected chi connectivity index (χ1v) is 7.76. The number of amides is 1. The molecule has 0 aliphatic rings. The molecule has 0 aliphatic heterocycles. The molecule has 124 valence electrons. The van der Waals surface area contributed by atoms with Crippen molar-refractivity contribution in [3.05, 3.63) is 23.3 Å². The molecule has 0 bridgehead atoms. The van der Waals surface area contributed by atoms with Gasteiger partial charge in [0.25, 0.3) is 0 Å². The van der Waals surface area contributed by atoms with Gasteiger partial charge in [-0.05, 0) is 43.3 Å². The van der Waals surface area contributed by atoms with Crippen LogP contribution in [-0.2, 0) is 11.2 Å². The molecule has 22 heavy (non-hydrogen) atoms. The van der Waals surface area contributed by atoms with E-state index in [4.69, 9.17) is 9.47 Å². The predicted octanol–water partition coefficient (Wildman–Crippen LogP) is 2.01. The van der Waals surface area contributed by atoms with E-state index in [2.05, 4.69) is 24.1 Å². The van der Waals surface area contributed by atoms with Crippen molar-refractivity contribution in [3.8, 4) is 11.5 Å². The Balaban J connectivity index is 2.61. The maximum Gasteiger partial charge on any atom is 0.224 e. The SMILES string of the molecule is CCN(CC)CCNC(=O)Cc1cc(OC)c(OC)cc1C. The molecule has 1 amide bonds. The largest absolute Gasteiger partial charge is 0.493 e. The third kappa shape index (κ3) is 5.22. The summed E-state index contributed by atoms with van der Waals surface area (Å²) < 4.78 is 10.6. The number of ether oxygens (including phenoxy) is 2. The summed E-state index contributed by atoms with van der Waals surface area (Å²) >= 11 is 0. The molecule has 0 fully saturated rings. The van der Waals surface area contributed by atoms with Gasteiger partial charge in [-0.2, -0.15) is 0 Å². The third-order valence-electron chi connectivity index (χ3n) is 3.84. The zero-order valence-corrected chi connectivity index (χ0v) is 14.4. The van der Waals surface area contributed by atoms with Gasteiger partial charge in [0.15, 0.2) is 11.5 Å². The maximum atomic E-state index is 12.1. The number of aryl methyl sites for hydroxylation is 1. The Morgan fingerprint density at radius 2 is 1.73 bits per heavy atom. The fourth-order valence-electron chi connectivity index (χ4n) is 2.34. The number of rotatable bonds is 9. The van der Waals surface area contributed by atoms with Gasteiger partial charge in [-0.1, -0.05) is 13.8 Å². The molecule has 1 N–H and O–H groups in total. The highest BCUT2D eigenvalue weighted by molar-refractivity contribution is 5.79. The van der Waals surface area contributed by atoms with Crippen LogP contribution in [0.1, 0.15) is 25.0 Å². The van der Waals surface area contributed by atoms with Gasteiger partial charge in [-0.3, -0.25) is 4.79 Å². The molecular formula is C17H28N2O3. The number of methoxy groups -OCH3 is 2. The highest BCUT2D eigenvalue weighted by Crippen LogP contribution is 2.30. The van der Waals surface area contributed by atoms with E-state index < -0.39 is 0 Å². The lowest BCUT2D eigenvalue weighted by Gasteiger charge is -2.18. The maximum absolute atomic E-state index is 12.1. The van der Waals surface area contributed by atoms with Crippen LogP contribution in [0, 0.1) is 6.92 Å². The fourth-order valence-corrected chi connectivity index (χ4v) is 2.34. The molecule has 1 rings (SSSR count). The number of benzene rings is 1. The lowest BCUT2D eigenvalue weighted by atomic mass is 10.0. The highest BCUT2D eigenvalue weighted by atomic mass is 16.5. The van der Waals surface area contributed by atoms with Gasteiger partial charge in [-0.15, -0.1) is 0 Å². The highest BCUT2D eigenvalue weighted by Gasteiger charge is 2.11. The van der Waals surface area contributed by atoms with Crippen LogP contribution in [0.15, 0.2) is 12.1 Å². The number of nitrogens with one attached hydrogen (secondary N) is 1. The molecule has 1 aromatic rings. The molecule has 0 radical (unpaired) electrons. The van der Waals surface area contributed by atoms with E-state index in [1.165, 1.54) is 0 Å². The van der Waals surface area contributed by atoms with Crippen LogP contribution >= 0.6 is 0 Å². The minimum absolute atomic E-state index is 0.0301. The monoisotopic (exact) mass is 308 g/mol. The van der Waals surface area contributed by atoms with Crippen molar-refractivity contribution in [2.75, 3.05) is 40.4 Å². The molecule has 0 spiro atoms. The quantitative estimate of drug-likeness (QED) is 0.758. The van der Waals surface area contributed by atoms with Gasteiger partial charge in [0.1, 0.15) is 0 Å². The van der Waals surface area contributed by atoms with Crippen molar-refractivity contribution >= 4 is 5.91 Å². The Bertz CT molecular complexity index is 485. The van der Waals surface area contributed by atoms with Gasteiger partial charge < -0.3 is 19.7 Å². The number of carbonyl (C=O) groups excluding carboxylic acids is 1. The number of carbonyl (C=O) groups is 1. The lowest BCUT2D eigenvalue weighted by Crippen LogP contribution is -2.35. The molecule has 0 heterocycles. The van der Waals surface area contributed by atoms with Crippen LogP contribution in [0.25, 0.3) is 0 Å². The van der Waals surface area contributed by atoms with E-state index in [1.807, 2.05) is 19.1 Å². The van der Waals surface area contributed by atoms with Crippen LogP contribution in [0.3, 0.4) is 0 Å². The molecule has 0 aliphatic carbocycles. The molecule has 0 saturated heterocycles. The van der Waals surface area contributed by atoms with E-state index in [1.54, 1.807) is 14.2 Å². The Labute approximate surface area is 133 Å². The van der Waals surface area contributed by atoms with E-state index in [-0.39, 0.29) is 5.91 Å². The second-order valence-electron chi connectivity index (χ2n) is 5.19. The summed E-state index contributed by atoms with van der Waals surface area (Å²) in [4.78, 5) is 14.4. The lowest BCUT2D eigenvalue weighted by molar-refractivity contribution is -0.120. The molecular weight excluding hydrogens is 280 g/mol. The minimum atomic E-state index is 0.0301. The smallest absolute Gasteiger partial charge is 0.224 e. The molecule has 1 aromatic carbocycles. The Morgan fingerprint density at radius 3 is 2.27 bits per heavy atom. The molecule has 0 saturated carbocycles. The standard InChI is InChI=1S/C17H28N2O3/c1-6-19(7-2)9-8-18-17(20)12-14-11-16(22-5)15(21-4)10-13(14)3/h10-11H,6-9,12H2,1-5H3,(H,18,20). The van der Waals surface area contributed by atoms with Crippen LogP contribution in [-0.4, -0.2) is 51.2 Å². The number of hydrogen-bond acceptors (Lipinski definition) is 4. The molecule has 5 heteroatoms. The van der Waals surface area contributed by atoms with E-state index >= 15 is 0 Å². The number of nitrogens with zero attached hydrogens (tertiary/aromatic N) is 1. The van der Waals surface area contributed by atoms with Gasteiger partial charge in [0, 0.05) is 13.1 Å². The van der Waals surface area contributed by atoms with Crippen LogP contribution in [0.5, 0.6) is 11.5 Å². The fraction of sp³-hybridized carbons (Fsp3) is 0.588. The van der Waals surface area contributed by atoms with Crippen molar-refractivity contribution in [3.63, 3.8) is 0 Å². The zero-order chi connectivity index (χ0) is 16.5. The zero-order valence-electron chi connectivity index (χ0n) is 14.4. The van der Waals surface area contributed by atoms with Crippen molar-refractivity contribution < 1.29 is 14.3 Å². The van der Waals surface area contributed by atoms with Crippen molar-refractivity contribution in [2.45, 2.75) is 27.2 Å². The Morgan fingerprint density at radius 1 is 1.14 bits per heavy atom. The van der Waals surface area contributed by atoms with Crippen molar-refractivity contribution in [1.82, 2.24) is 10.2 Å². The first-order valence-electron chi connectivity index (χ1n) is 7.76. The second-order valence-corrected chi connectivity index (χ2v) is 5.19. The Hall–Kier alpha value is -1.75. The van der Waals surface area contributed by atoms with Gasteiger partial charge in [0.2, 0.25) is 5.91 Å². The molecule has 0 unspecified atom stereocenters. The summed E-state index contributed by atoms with van der Waals surface area (Å²) in [5.74, 6) is 1.37. The van der Waals surface area contributed by atoms with Gasteiger partial charge >= 0.3 is 0 Å². The normalized spacial score (nSPS) is 10.6. The van der Waals surface area contributed by atoms with E-state index in [0.717, 1.165) is 30.8 Å². The minimum Gasteiger partial charge on any atom is -0.493 e. The third-order valence-corrected chi connectivity index (χ3v) is 3.84. The summed E-state index contributed by atoms with van der Waals surface area (Å²) in [6.07, 6.45) is 0.352. The van der Waals surface area contributed by atoms with Crippen LogP contribution in [0.4, 0.5) is 0 Å². The topological polar surface area (TPSA) is 50.8 Å². The average Bonchev–Trinajstić information content (AvgIpc) is 2.53. The second kappa shape index (κ2) is 9.30. The molecule has 0 atom stereocenters. The Kier molecular flexibility index (Phi) is 7.74. The van der Waals surface area contributed by atoms with E-state index in [9.17, 15) is 4.79 Å². The van der Waals surface area contributed by atoms with Gasteiger partial charge in [-0.25, -0.2) is 0 Å². The number of likely N-dealkylation sites (N-methyl/N-ethyl adjacent to an activating group) is 1. The summed E-state index contributed by atoms with van der Waals surface area (Å²) in [7, 11) is 3.21. The number of hydrogen-bond donors (Lipinski definition) is 1. The van der Waals surface area contributed by atoms with Crippen LogP contribution in [0.2, 0.25) is 0 Å². The van der Waals surface area contributed by atoms with Crippen LogP contribution < -0.4 is 14.8 Å². The van der Waals surface area contributed by atoms with Crippen molar-refractivity contribution in [2.24, 2.45) is 0 Å². The average molecular weight is 308 g/mol. The summed E-state index contributed by atoms with van der Waals surface area (Å²) in [5.41, 5.74) is 1.98. The summed E-state index contributed by atoms with van der Waals surface area (Å²) in [6, 6.07) is 3.77. The predicted molar refractivity (Wildman–Crippen MR) is 88.8 cm³/mol. The molecule has 5 nitrogen and oxygen atoms in total. The van der Waals surface area contributed by atoms with E-state index in [0.29, 0.717) is 24.5 Å². The first kappa shape index (κ1) is 18.3. The van der Waals surface area contributed by atoms with Gasteiger partial charge in [0.05, 0.1) is 20.6 Å². The van der Waals surface area contributed by atoms with Crippen molar-refractivity contribution in [1.29, 1.82) is 0 Å². The summed E-state index contributed by atoms with van der Waals surface area (Å²) in [5, 5.41) is 2.97. The first-order chi connectivity index (χ1) is 10.5.